The first-order valence-electron chi connectivity index (χ1n) is 10.0. The number of aliphatic hydroxyl groups excluding tert-OH is 1. The number of aliphatic carboxylic acids is 1. The molecule has 0 bridgehead atoms. The van der Waals surface area contributed by atoms with Gasteiger partial charge in [0.2, 0.25) is 17.7 Å². The number of thiol groups is 1. The van der Waals surface area contributed by atoms with E-state index in [0.717, 1.165) is 0 Å². The van der Waals surface area contributed by atoms with Crippen LogP contribution in [-0.2, 0) is 25.6 Å². The Labute approximate surface area is 190 Å². The molecule has 10 N–H and O–H groups in total. The summed E-state index contributed by atoms with van der Waals surface area (Å²) in [7, 11) is 0. The van der Waals surface area contributed by atoms with Gasteiger partial charge in [-0.05, 0) is 19.4 Å². The third-order valence-corrected chi connectivity index (χ3v) is 4.90. The van der Waals surface area contributed by atoms with Crippen LogP contribution in [-0.4, -0.2) is 86.9 Å². The van der Waals surface area contributed by atoms with Crippen molar-refractivity contribution in [1.29, 1.82) is 0 Å². The predicted molar refractivity (Wildman–Crippen MR) is 118 cm³/mol. The molecule has 0 saturated carbocycles. The average Bonchev–Trinajstić information content (AvgIpc) is 3.27. The maximum absolute atomic E-state index is 12.5. The molecule has 13 nitrogen and oxygen atoms in total. The molecule has 3 amide bonds. The normalized spacial score (nSPS) is 14.6. The number of imidazole rings is 1. The lowest BCUT2D eigenvalue weighted by Gasteiger charge is -2.23. The summed E-state index contributed by atoms with van der Waals surface area (Å²) in [4.78, 5) is 55.1. The number of carbonyl (C=O) groups is 4. The van der Waals surface area contributed by atoms with Gasteiger partial charge in [0.25, 0.3) is 0 Å². The smallest absolute Gasteiger partial charge is 0.326 e. The zero-order chi connectivity index (χ0) is 24.1. The first-order chi connectivity index (χ1) is 15.2. The van der Waals surface area contributed by atoms with Crippen molar-refractivity contribution in [3.05, 3.63) is 18.2 Å². The molecule has 14 heteroatoms. The number of carboxylic acid groups (broad SMARTS) is 1. The number of aliphatic hydroxyl groups is 1. The predicted octanol–water partition coefficient (Wildman–Crippen LogP) is -3.13. The summed E-state index contributed by atoms with van der Waals surface area (Å²) in [5, 5.41) is 25.8. The molecule has 0 fully saturated rings. The molecule has 0 aliphatic rings. The number of nitrogens with zero attached hydrogens (tertiary/aromatic N) is 1. The second kappa shape index (κ2) is 14.4. The number of H-pyrrole nitrogens is 1. The standard InChI is InChI=1S/C18H31N7O6S/c19-4-2-1-3-11(20)15(27)24-13(7-26)16(28)25-14(8-32)17(29)23-12(18(30)31)5-10-6-21-9-22-10/h6,9,11-14,26,32H,1-5,7-8,19-20H2,(H,21,22)(H,23,29)(H,24,27)(H,25,28)(H,30,31). The lowest BCUT2D eigenvalue weighted by Crippen LogP contribution is -2.58. The molecule has 0 aliphatic heterocycles. The van der Waals surface area contributed by atoms with Crippen molar-refractivity contribution in [3.63, 3.8) is 0 Å². The number of aromatic nitrogens is 2. The fourth-order valence-electron chi connectivity index (χ4n) is 2.67. The van der Waals surface area contributed by atoms with Crippen molar-refractivity contribution in [2.45, 2.75) is 49.9 Å². The summed E-state index contributed by atoms with van der Waals surface area (Å²) in [5.41, 5.74) is 11.7. The van der Waals surface area contributed by atoms with Crippen LogP contribution < -0.4 is 27.4 Å². The molecule has 0 aromatic carbocycles. The zero-order valence-corrected chi connectivity index (χ0v) is 18.4. The van der Waals surface area contributed by atoms with E-state index in [-0.39, 0.29) is 12.2 Å². The topological polar surface area (TPSA) is 226 Å². The van der Waals surface area contributed by atoms with Gasteiger partial charge in [0, 0.05) is 24.1 Å². The Hall–Kier alpha value is -2.68. The van der Waals surface area contributed by atoms with Gasteiger partial charge >= 0.3 is 5.97 Å². The van der Waals surface area contributed by atoms with Crippen LogP contribution in [0.25, 0.3) is 0 Å². The van der Waals surface area contributed by atoms with Crippen LogP contribution in [0.5, 0.6) is 0 Å². The quantitative estimate of drug-likeness (QED) is 0.0925. The average molecular weight is 474 g/mol. The molecule has 1 aromatic heterocycles. The molecule has 4 unspecified atom stereocenters. The first-order valence-corrected chi connectivity index (χ1v) is 10.6. The van der Waals surface area contributed by atoms with Crippen molar-refractivity contribution >= 4 is 36.3 Å². The summed E-state index contributed by atoms with van der Waals surface area (Å²) < 4.78 is 0. The molecule has 180 valence electrons. The third kappa shape index (κ3) is 9.21. The van der Waals surface area contributed by atoms with Gasteiger partial charge in [-0.1, -0.05) is 6.42 Å². The highest BCUT2D eigenvalue weighted by Crippen LogP contribution is 2.02. The number of carboxylic acids is 1. The molecular formula is C18H31N7O6S. The van der Waals surface area contributed by atoms with E-state index in [9.17, 15) is 29.4 Å². The number of carbonyl (C=O) groups excluding carboxylic acids is 3. The SMILES string of the molecule is NCCCCC(N)C(=O)NC(CO)C(=O)NC(CS)C(=O)NC(Cc1cnc[nH]1)C(=O)O. The minimum absolute atomic E-state index is 0.0499. The van der Waals surface area contributed by atoms with Crippen molar-refractivity contribution < 1.29 is 29.4 Å². The highest BCUT2D eigenvalue weighted by molar-refractivity contribution is 7.80. The Balaban J connectivity index is 2.67. The van der Waals surface area contributed by atoms with Gasteiger partial charge in [0.15, 0.2) is 0 Å². The van der Waals surface area contributed by atoms with Gasteiger partial charge in [-0.25, -0.2) is 9.78 Å². The number of aromatic amines is 1. The van der Waals surface area contributed by atoms with Gasteiger partial charge < -0.3 is 42.6 Å². The number of unbranched alkanes of at least 4 members (excludes halogenated alkanes) is 1. The number of amides is 3. The van der Waals surface area contributed by atoms with E-state index in [1.807, 2.05) is 0 Å². The second-order valence-corrected chi connectivity index (χ2v) is 7.42. The second-order valence-electron chi connectivity index (χ2n) is 7.06. The molecule has 4 atom stereocenters. The minimum Gasteiger partial charge on any atom is -0.480 e. The maximum atomic E-state index is 12.5. The third-order valence-electron chi connectivity index (χ3n) is 4.53. The fraction of sp³-hybridized carbons (Fsp3) is 0.611. The molecule has 1 aromatic rings. The van der Waals surface area contributed by atoms with E-state index in [2.05, 4.69) is 38.5 Å². The monoisotopic (exact) mass is 473 g/mol. The molecule has 32 heavy (non-hydrogen) atoms. The highest BCUT2D eigenvalue weighted by Gasteiger charge is 2.29. The number of rotatable bonds is 15. The molecule has 0 spiro atoms. The van der Waals surface area contributed by atoms with Crippen LogP contribution in [0.3, 0.4) is 0 Å². The molecule has 0 saturated heterocycles. The van der Waals surface area contributed by atoms with Crippen molar-refractivity contribution in [1.82, 2.24) is 25.9 Å². The lowest BCUT2D eigenvalue weighted by atomic mass is 10.1. The molecule has 0 aliphatic carbocycles. The summed E-state index contributed by atoms with van der Waals surface area (Å²) in [5.74, 6) is -3.69. The number of nitrogens with two attached hydrogens (primary N) is 2. The Morgan fingerprint density at radius 1 is 1.06 bits per heavy atom. The summed E-state index contributed by atoms with van der Waals surface area (Å²) in [6.45, 7) is -0.264. The van der Waals surface area contributed by atoms with E-state index in [4.69, 9.17) is 11.5 Å². The summed E-state index contributed by atoms with van der Waals surface area (Å²) in [6.07, 6.45) is 4.44. The minimum atomic E-state index is -1.35. The van der Waals surface area contributed by atoms with E-state index in [1.165, 1.54) is 12.5 Å². The Morgan fingerprint density at radius 3 is 2.22 bits per heavy atom. The van der Waals surface area contributed by atoms with Crippen LogP contribution in [0.1, 0.15) is 25.0 Å². The molecule has 0 radical (unpaired) electrons. The van der Waals surface area contributed by atoms with Crippen LogP contribution in [0.2, 0.25) is 0 Å². The summed E-state index contributed by atoms with van der Waals surface area (Å²) >= 11 is 4.02. The molecule has 1 heterocycles. The Kier molecular flexibility index (Phi) is 12.3. The van der Waals surface area contributed by atoms with Crippen LogP contribution >= 0.6 is 12.6 Å². The van der Waals surface area contributed by atoms with Crippen molar-refractivity contribution in [2.75, 3.05) is 18.9 Å². The van der Waals surface area contributed by atoms with Gasteiger partial charge in [-0.3, -0.25) is 14.4 Å². The van der Waals surface area contributed by atoms with Crippen LogP contribution in [0.4, 0.5) is 0 Å². The van der Waals surface area contributed by atoms with Gasteiger partial charge in [-0.2, -0.15) is 12.6 Å². The highest BCUT2D eigenvalue weighted by atomic mass is 32.1. The lowest BCUT2D eigenvalue weighted by molar-refractivity contribution is -0.142. The van der Waals surface area contributed by atoms with Crippen LogP contribution in [0, 0.1) is 0 Å². The van der Waals surface area contributed by atoms with Gasteiger partial charge in [-0.15, -0.1) is 0 Å². The van der Waals surface area contributed by atoms with E-state index < -0.39 is 54.5 Å². The van der Waals surface area contributed by atoms with Gasteiger partial charge in [0.05, 0.1) is 19.0 Å². The van der Waals surface area contributed by atoms with Crippen molar-refractivity contribution in [3.8, 4) is 0 Å². The van der Waals surface area contributed by atoms with Crippen molar-refractivity contribution in [2.24, 2.45) is 11.5 Å². The molecular weight excluding hydrogens is 442 g/mol. The van der Waals surface area contributed by atoms with Crippen LogP contribution in [0.15, 0.2) is 12.5 Å². The molecule has 1 rings (SSSR count). The fourth-order valence-corrected chi connectivity index (χ4v) is 2.92. The Morgan fingerprint density at radius 2 is 1.69 bits per heavy atom. The number of hydrogen-bond acceptors (Lipinski definition) is 9. The zero-order valence-electron chi connectivity index (χ0n) is 17.5. The van der Waals surface area contributed by atoms with E-state index >= 15 is 0 Å². The Bertz CT molecular complexity index is 748. The van der Waals surface area contributed by atoms with Gasteiger partial charge in [0.1, 0.15) is 18.1 Å². The largest absolute Gasteiger partial charge is 0.480 e. The number of hydrogen-bond donors (Lipinski definition) is 9. The summed E-state index contributed by atoms with van der Waals surface area (Å²) in [6, 6.07) is -4.72. The first kappa shape index (κ1) is 27.4. The maximum Gasteiger partial charge on any atom is 0.326 e. The van der Waals surface area contributed by atoms with E-state index in [1.54, 1.807) is 0 Å². The number of nitrogens with one attached hydrogen (secondary N) is 4. The van der Waals surface area contributed by atoms with E-state index in [0.29, 0.717) is 31.5 Å².